The summed E-state index contributed by atoms with van der Waals surface area (Å²) in [5.41, 5.74) is 3.64. The van der Waals surface area contributed by atoms with Gasteiger partial charge in [0.05, 0.1) is 12.5 Å². The van der Waals surface area contributed by atoms with Crippen molar-refractivity contribution < 1.29 is 14.3 Å². The Balaban J connectivity index is 1.71. The smallest absolute Gasteiger partial charge is 0.237 e. The fourth-order valence-electron chi connectivity index (χ4n) is 4.69. The molecular formula is C23H35N3O3. The predicted octanol–water partition coefficient (Wildman–Crippen LogP) is 2.07. The van der Waals surface area contributed by atoms with Gasteiger partial charge in [-0.15, -0.1) is 0 Å². The fourth-order valence-corrected chi connectivity index (χ4v) is 4.69. The first-order valence-electron chi connectivity index (χ1n) is 10.8. The van der Waals surface area contributed by atoms with Crippen LogP contribution in [0, 0.1) is 13.8 Å². The molecule has 2 heterocycles. The van der Waals surface area contributed by atoms with Crippen molar-refractivity contribution in [3.8, 4) is 0 Å². The first-order valence-corrected chi connectivity index (χ1v) is 10.8. The van der Waals surface area contributed by atoms with Gasteiger partial charge >= 0.3 is 0 Å². The molecule has 0 aliphatic carbocycles. The Morgan fingerprint density at radius 3 is 2.52 bits per heavy atom. The molecule has 0 radical (unpaired) electrons. The topological polar surface area (TPSA) is 70.7 Å². The van der Waals surface area contributed by atoms with Gasteiger partial charge < -0.3 is 15.4 Å². The number of ether oxygens (including phenoxy) is 1. The van der Waals surface area contributed by atoms with Crippen LogP contribution < -0.4 is 10.6 Å². The van der Waals surface area contributed by atoms with Crippen LogP contribution in [-0.2, 0) is 19.7 Å². The number of hydrogen-bond acceptors (Lipinski definition) is 4. The summed E-state index contributed by atoms with van der Waals surface area (Å²) in [6, 6.07) is 6.49. The summed E-state index contributed by atoms with van der Waals surface area (Å²) >= 11 is 0. The van der Waals surface area contributed by atoms with Crippen molar-refractivity contribution in [1.29, 1.82) is 0 Å². The van der Waals surface area contributed by atoms with Crippen LogP contribution in [0.5, 0.6) is 0 Å². The predicted molar refractivity (Wildman–Crippen MR) is 114 cm³/mol. The van der Waals surface area contributed by atoms with Gasteiger partial charge in [-0.3, -0.25) is 14.5 Å². The van der Waals surface area contributed by atoms with Crippen molar-refractivity contribution in [3.05, 3.63) is 34.9 Å². The molecule has 0 bridgehead atoms. The van der Waals surface area contributed by atoms with Crippen molar-refractivity contribution in [1.82, 2.24) is 15.5 Å². The minimum absolute atomic E-state index is 0.0461. The number of aryl methyl sites for hydroxylation is 2. The van der Waals surface area contributed by atoms with Crippen LogP contribution in [0.15, 0.2) is 18.2 Å². The van der Waals surface area contributed by atoms with Gasteiger partial charge in [0, 0.05) is 44.3 Å². The van der Waals surface area contributed by atoms with Crippen molar-refractivity contribution in [2.24, 2.45) is 0 Å². The second-order valence-electron chi connectivity index (χ2n) is 8.89. The van der Waals surface area contributed by atoms with Crippen molar-refractivity contribution in [2.75, 3.05) is 32.8 Å². The van der Waals surface area contributed by atoms with E-state index in [1.807, 2.05) is 0 Å². The van der Waals surface area contributed by atoms with Crippen LogP contribution in [0.3, 0.4) is 0 Å². The van der Waals surface area contributed by atoms with E-state index in [2.05, 4.69) is 61.4 Å². The highest BCUT2D eigenvalue weighted by atomic mass is 16.5. The number of nitrogens with one attached hydrogen (secondary N) is 2. The Kier molecular flexibility index (Phi) is 6.96. The zero-order valence-electron chi connectivity index (χ0n) is 18.2. The molecule has 6 nitrogen and oxygen atoms in total. The second kappa shape index (κ2) is 9.26. The van der Waals surface area contributed by atoms with Crippen molar-refractivity contribution >= 4 is 11.8 Å². The van der Waals surface area contributed by atoms with Crippen LogP contribution in [0.1, 0.15) is 49.8 Å². The minimum Gasteiger partial charge on any atom is -0.381 e. The number of carbonyl (C=O) groups is 2. The van der Waals surface area contributed by atoms with E-state index in [4.69, 9.17) is 4.74 Å². The monoisotopic (exact) mass is 401 g/mol. The van der Waals surface area contributed by atoms with E-state index < -0.39 is 6.04 Å². The van der Waals surface area contributed by atoms with E-state index in [0.29, 0.717) is 26.3 Å². The van der Waals surface area contributed by atoms with Gasteiger partial charge in [0.15, 0.2) is 0 Å². The largest absolute Gasteiger partial charge is 0.381 e. The van der Waals surface area contributed by atoms with Gasteiger partial charge in [0.1, 0.15) is 0 Å². The van der Waals surface area contributed by atoms with Gasteiger partial charge in [0.25, 0.3) is 0 Å². The second-order valence-corrected chi connectivity index (χ2v) is 8.89. The third-order valence-corrected chi connectivity index (χ3v) is 6.32. The van der Waals surface area contributed by atoms with E-state index in [-0.39, 0.29) is 29.7 Å². The highest BCUT2D eigenvalue weighted by molar-refractivity contribution is 5.88. The van der Waals surface area contributed by atoms with Gasteiger partial charge in [-0.25, -0.2) is 0 Å². The lowest BCUT2D eigenvalue weighted by Crippen LogP contribution is -2.58. The zero-order chi connectivity index (χ0) is 21.0. The van der Waals surface area contributed by atoms with Crippen LogP contribution in [0.2, 0.25) is 0 Å². The summed E-state index contributed by atoms with van der Waals surface area (Å²) in [5, 5.41) is 6.05. The first kappa shape index (κ1) is 21.8. The van der Waals surface area contributed by atoms with Crippen LogP contribution in [0.4, 0.5) is 0 Å². The van der Waals surface area contributed by atoms with Gasteiger partial charge in [-0.2, -0.15) is 0 Å². The molecule has 1 atom stereocenters. The van der Waals surface area contributed by atoms with Crippen molar-refractivity contribution in [3.63, 3.8) is 0 Å². The first-order chi connectivity index (χ1) is 13.8. The van der Waals surface area contributed by atoms with Crippen LogP contribution in [0.25, 0.3) is 0 Å². The highest BCUT2D eigenvalue weighted by Crippen LogP contribution is 2.35. The molecule has 2 amide bonds. The maximum atomic E-state index is 12.8. The molecule has 6 heteroatoms. The molecule has 0 unspecified atom stereocenters. The van der Waals surface area contributed by atoms with E-state index in [9.17, 15) is 9.59 Å². The molecule has 29 heavy (non-hydrogen) atoms. The molecule has 2 fully saturated rings. The summed E-state index contributed by atoms with van der Waals surface area (Å²) in [6.45, 7) is 11.8. The summed E-state index contributed by atoms with van der Waals surface area (Å²) in [7, 11) is 0. The zero-order valence-corrected chi connectivity index (χ0v) is 18.2. The molecule has 0 aromatic heterocycles. The summed E-state index contributed by atoms with van der Waals surface area (Å²) in [5.74, 6) is -0.108. The molecule has 2 saturated heterocycles. The summed E-state index contributed by atoms with van der Waals surface area (Å²) < 4.78 is 5.62. The number of hydrogen-bond donors (Lipinski definition) is 2. The van der Waals surface area contributed by atoms with E-state index in [1.165, 1.54) is 16.7 Å². The Hall–Kier alpha value is -1.92. The average molecular weight is 402 g/mol. The number of benzene rings is 1. The van der Waals surface area contributed by atoms with E-state index in [1.54, 1.807) is 0 Å². The summed E-state index contributed by atoms with van der Waals surface area (Å²) in [4.78, 5) is 27.3. The minimum atomic E-state index is -0.393. The SMILES string of the molecule is Cc1cc(C)cc(C2(CNC(=O)C[C@@H]3C(=O)NCCN3C(C)C)CCOCC2)c1. The average Bonchev–Trinajstić information content (AvgIpc) is 2.68. The van der Waals surface area contributed by atoms with E-state index >= 15 is 0 Å². The number of piperazine rings is 1. The maximum Gasteiger partial charge on any atom is 0.237 e. The third kappa shape index (κ3) is 5.17. The van der Waals surface area contributed by atoms with Crippen LogP contribution >= 0.6 is 0 Å². The molecule has 2 aliphatic heterocycles. The Morgan fingerprint density at radius 1 is 1.24 bits per heavy atom. The van der Waals surface area contributed by atoms with E-state index in [0.717, 1.165) is 19.4 Å². The lowest BCUT2D eigenvalue weighted by atomic mass is 9.73. The van der Waals surface area contributed by atoms with Gasteiger partial charge in [-0.1, -0.05) is 29.3 Å². The summed E-state index contributed by atoms with van der Waals surface area (Å²) in [6.07, 6.45) is 1.97. The normalized spacial score (nSPS) is 22.4. The molecule has 0 spiro atoms. The number of amides is 2. The Bertz CT molecular complexity index is 721. The maximum absolute atomic E-state index is 12.8. The van der Waals surface area contributed by atoms with Gasteiger partial charge in [0.2, 0.25) is 11.8 Å². The lowest BCUT2D eigenvalue weighted by Gasteiger charge is -2.39. The molecule has 1 aromatic carbocycles. The lowest BCUT2D eigenvalue weighted by molar-refractivity contribution is -0.135. The van der Waals surface area contributed by atoms with Crippen LogP contribution in [-0.4, -0.2) is 61.6 Å². The molecule has 2 aliphatic rings. The standard InChI is InChI=1S/C23H35N3O3/c1-16(2)26-8-7-24-22(28)20(26)14-21(27)25-15-23(5-9-29-10-6-23)19-12-17(3)11-18(4)13-19/h11-13,16,20H,5-10,14-15H2,1-4H3,(H,24,28)(H,25,27)/t20-/m1/s1. The molecular weight excluding hydrogens is 366 g/mol. The Labute approximate surface area is 174 Å². The molecule has 2 N–H and O–H groups in total. The fraction of sp³-hybridized carbons (Fsp3) is 0.652. The van der Waals surface area contributed by atoms with Gasteiger partial charge in [-0.05, 0) is 46.1 Å². The molecule has 1 aromatic rings. The highest BCUT2D eigenvalue weighted by Gasteiger charge is 2.37. The Morgan fingerprint density at radius 2 is 1.90 bits per heavy atom. The number of carbonyl (C=O) groups excluding carboxylic acids is 2. The van der Waals surface area contributed by atoms with Crippen molar-refractivity contribution in [2.45, 2.75) is 64.5 Å². The third-order valence-electron chi connectivity index (χ3n) is 6.32. The molecule has 3 rings (SSSR count). The number of nitrogens with zero attached hydrogens (tertiary/aromatic N) is 1. The molecule has 0 saturated carbocycles. The number of rotatable bonds is 6. The quantitative estimate of drug-likeness (QED) is 0.766. The molecule has 160 valence electrons.